The van der Waals surface area contributed by atoms with Gasteiger partial charge in [-0.25, -0.2) is 18.9 Å². The summed E-state index contributed by atoms with van der Waals surface area (Å²) in [6, 6.07) is 8.81. The summed E-state index contributed by atoms with van der Waals surface area (Å²) in [4.78, 5) is 29.0. The average molecular weight is 425 g/mol. The molecular weight excluding hydrogens is 401 g/mol. The molecule has 0 atom stereocenters. The van der Waals surface area contributed by atoms with Crippen LogP contribution >= 0.6 is 0 Å². The summed E-state index contributed by atoms with van der Waals surface area (Å²) in [6.45, 7) is 8.96. The highest BCUT2D eigenvalue weighted by Gasteiger charge is 2.18. The number of carbonyl (C=O) groups is 2. The van der Waals surface area contributed by atoms with E-state index >= 15 is 0 Å². The average Bonchev–Trinajstić information content (AvgIpc) is 3.00. The standard InChI is InChI=1S/C22H24FN5O3/c1-13-10-14(2)28(27-13)19-9-6-15(12-24-19)20(29)25-18-11-16(23)7-8-17(18)26-21(30)31-22(3,4)5/h6-12H,1-5H3,(H,25,29)(H,26,30). The van der Waals surface area contributed by atoms with Gasteiger partial charge in [0.1, 0.15) is 11.4 Å². The maximum atomic E-state index is 13.8. The number of rotatable bonds is 4. The molecular formula is C22H24FN5O3. The van der Waals surface area contributed by atoms with Crippen LogP contribution in [-0.2, 0) is 4.74 Å². The maximum Gasteiger partial charge on any atom is 0.412 e. The predicted molar refractivity (Wildman–Crippen MR) is 115 cm³/mol. The number of aromatic nitrogens is 3. The molecule has 0 aliphatic rings. The highest BCUT2D eigenvalue weighted by Crippen LogP contribution is 2.24. The minimum Gasteiger partial charge on any atom is -0.444 e. The van der Waals surface area contributed by atoms with Crippen molar-refractivity contribution in [2.45, 2.75) is 40.2 Å². The van der Waals surface area contributed by atoms with Crippen molar-refractivity contribution < 1.29 is 18.7 Å². The molecule has 2 amide bonds. The van der Waals surface area contributed by atoms with Gasteiger partial charge in [-0.2, -0.15) is 5.10 Å². The van der Waals surface area contributed by atoms with Crippen molar-refractivity contribution in [3.05, 3.63) is 65.4 Å². The van der Waals surface area contributed by atoms with Gasteiger partial charge in [-0.1, -0.05) is 0 Å². The number of hydrogen-bond donors (Lipinski definition) is 2. The third-order valence-electron chi connectivity index (χ3n) is 4.10. The number of pyridine rings is 1. The van der Waals surface area contributed by atoms with Gasteiger partial charge in [0.05, 0.1) is 22.6 Å². The molecule has 2 N–H and O–H groups in total. The van der Waals surface area contributed by atoms with Gasteiger partial charge in [-0.15, -0.1) is 0 Å². The van der Waals surface area contributed by atoms with Gasteiger partial charge in [-0.3, -0.25) is 10.1 Å². The molecule has 162 valence electrons. The van der Waals surface area contributed by atoms with E-state index in [-0.39, 0.29) is 16.9 Å². The molecule has 0 unspecified atom stereocenters. The van der Waals surface area contributed by atoms with Gasteiger partial charge in [0.2, 0.25) is 0 Å². The Bertz CT molecular complexity index is 1120. The zero-order chi connectivity index (χ0) is 22.8. The summed E-state index contributed by atoms with van der Waals surface area (Å²) in [5.74, 6) is -0.506. The first-order chi connectivity index (χ1) is 14.5. The SMILES string of the molecule is Cc1cc(C)n(-c2ccc(C(=O)Nc3cc(F)ccc3NC(=O)OC(C)(C)C)cn2)n1. The zero-order valence-electron chi connectivity index (χ0n) is 18.0. The molecule has 2 aromatic heterocycles. The van der Waals surface area contributed by atoms with E-state index in [1.807, 2.05) is 19.9 Å². The molecule has 8 nitrogen and oxygen atoms in total. The van der Waals surface area contributed by atoms with Gasteiger partial charge >= 0.3 is 6.09 Å². The molecule has 0 radical (unpaired) electrons. The van der Waals surface area contributed by atoms with Crippen LogP contribution < -0.4 is 10.6 Å². The Kier molecular flexibility index (Phi) is 6.05. The fourth-order valence-corrected chi connectivity index (χ4v) is 2.84. The van der Waals surface area contributed by atoms with Crippen LogP contribution in [0.25, 0.3) is 5.82 Å². The molecule has 0 aliphatic carbocycles. The summed E-state index contributed by atoms with van der Waals surface area (Å²) in [7, 11) is 0. The van der Waals surface area contributed by atoms with E-state index in [1.165, 1.54) is 18.3 Å². The van der Waals surface area contributed by atoms with E-state index < -0.39 is 23.4 Å². The van der Waals surface area contributed by atoms with Gasteiger partial charge in [0, 0.05) is 11.9 Å². The quantitative estimate of drug-likeness (QED) is 0.635. The van der Waals surface area contributed by atoms with Crippen LogP contribution in [-0.4, -0.2) is 32.4 Å². The van der Waals surface area contributed by atoms with Crippen molar-refractivity contribution in [1.29, 1.82) is 0 Å². The molecule has 9 heteroatoms. The molecule has 0 saturated heterocycles. The number of aryl methyl sites for hydroxylation is 2. The lowest BCUT2D eigenvalue weighted by Gasteiger charge is -2.20. The van der Waals surface area contributed by atoms with Gasteiger partial charge in [-0.05, 0) is 71.0 Å². The van der Waals surface area contributed by atoms with Crippen LogP contribution in [0.5, 0.6) is 0 Å². The molecule has 0 spiro atoms. The smallest absolute Gasteiger partial charge is 0.412 e. The van der Waals surface area contributed by atoms with Crippen LogP contribution in [0.4, 0.5) is 20.6 Å². The van der Waals surface area contributed by atoms with Crippen LogP contribution in [0.1, 0.15) is 42.5 Å². The third-order valence-corrected chi connectivity index (χ3v) is 4.10. The van der Waals surface area contributed by atoms with E-state index in [0.717, 1.165) is 17.5 Å². The Morgan fingerprint density at radius 2 is 1.77 bits per heavy atom. The van der Waals surface area contributed by atoms with E-state index in [1.54, 1.807) is 37.6 Å². The highest BCUT2D eigenvalue weighted by atomic mass is 19.1. The first-order valence-corrected chi connectivity index (χ1v) is 9.62. The predicted octanol–water partition coefficient (Wildman–Crippen LogP) is 4.62. The maximum absolute atomic E-state index is 13.8. The van der Waals surface area contributed by atoms with Crippen molar-refractivity contribution >= 4 is 23.4 Å². The van der Waals surface area contributed by atoms with Crippen LogP contribution in [0.15, 0.2) is 42.6 Å². The fourth-order valence-electron chi connectivity index (χ4n) is 2.84. The number of ether oxygens (including phenoxy) is 1. The second-order valence-corrected chi connectivity index (χ2v) is 8.01. The molecule has 31 heavy (non-hydrogen) atoms. The third kappa shape index (κ3) is 5.65. The lowest BCUT2D eigenvalue weighted by atomic mass is 10.2. The molecule has 3 rings (SSSR count). The van der Waals surface area contributed by atoms with Gasteiger partial charge in [0.15, 0.2) is 5.82 Å². The fraction of sp³-hybridized carbons (Fsp3) is 0.273. The largest absolute Gasteiger partial charge is 0.444 e. The first-order valence-electron chi connectivity index (χ1n) is 9.62. The molecule has 3 aromatic rings. The topological polar surface area (TPSA) is 98.1 Å². The van der Waals surface area contributed by atoms with Crippen molar-refractivity contribution in [3.8, 4) is 5.82 Å². The first kappa shape index (κ1) is 21.9. The number of nitrogens with zero attached hydrogens (tertiary/aromatic N) is 3. The summed E-state index contributed by atoms with van der Waals surface area (Å²) >= 11 is 0. The number of amides is 2. The summed E-state index contributed by atoms with van der Waals surface area (Å²) < 4.78 is 20.7. The number of hydrogen-bond acceptors (Lipinski definition) is 5. The van der Waals surface area contributed by atoms with E-state index in [9.17, 15) is 14.0 Å². The highest BCUT2D eigenvalue weighted by molar-refractivity contribution is 6.06. The summed E-state index contributed by atoms with van der Waals surface area (Å²) in [5.41, 5.74) is 1.64. The molecule has 2 heterocycles. The van der Waals surface area contributed by atoms with Crippen LogP contribution in [0.3, 0.4) is 0 Å². The number of nitrogens with one attached hydrogen (secondary N) is 2. The number of benzene rings is 1. The second kappa shape index (κ2) is 8.55. The minimum atomic E-state index is -0.717. The van der Waals surface area contributed by atoms with E-state index in [2.05, 4.69) is 20.7 Å². The van der Waals surface area contributed by atoms with E-state index in [4.69, 9.17) is 4.74 Å². The Morgan fingerprint density at radius 3 is 2.35 bits per heavy atom. The van der Waals surface area contributed by atoms with Crippen molar-refractivity contribution in [1.82, 2.24) is 14.8 Å². The molecule has 1 aromatic carbocycles. The lowest BCUT2D eigenvalue weighted by molar-refractivity contribution is 0.0635. The summed E-state index contributed by atoms with van der Waals surface area (Å²) in [5, 5.41) is 9.48. The zero-order valence-corrected chi connectivity index (χ0v) is 18.0. The van der Waals surface area contributed by atoms with Crippen molar-refractivity contribution in [2.75, 3.05) is 10.6 Å². The normalized spacial score (nSPS) is 11.2. The molecule has 0 aliphatic heterocycles. The van der Waals surface area contributed by atoms with Crippen molar-refractivity contribution in [3.63, 3.8) is 0 Å². The molecule has 0 fully saturated rings. The monoisotopic (exact) mass is 425 g/mol. The number of anilines is 2. The van der Waals surface area contributed by atoms with Gasteiger partial charge in [0.25, 0.3) is 5.91 Å². The Labute approximate surface area is 179 Å². The summed E-state index contributed by atoms with van der Waals surface area (Å²) in [6.07, 6.45) is 0.687. The van der Waals surface area contributed by atoms with Gasteiger partial charge < -0.3 is 10.1 Å². The Balaban J connectivity index is 1.77. The van der Waals surface area contributed by atoms with Crippen LogP contribution in [0, 0.1) is 19.7 Å². The minimum absolute atomic E-state index is 0.0958. The van der Waals surface area contributed by atoms with Crippen LogP contribution in [0.2, 0.25) is 0 Å². The van der Waals surface area contributed by atoms with E-state index in [0.29, 0.717) is 5.82 Å². The second-order valence-electron chi connectivity index (χ2n) is 8.01. The molecule has 0 saturated carbocycles. The number of carbonyl (C=O) groups excluding carboxylic acids is 2. The lowest BCUT2D eigenvalue weighted by Crippen LogP contribution is -2.27. The Hall–Kier alpha value is -3.75. The van der Waals surface area contributed by atoms with Crippen molar-refractivity contribution in [2.24, 2.45) is 0 Å². The number of halogens is 1. The molecule has 0 bridgehead atoms. The Morgan fingerprint density at radius 1 is 1.03 bits per heavy atom.